The Bertz CT molecular complexity index is 966. The van der Waals surface area contributed by atoms with Gasteiger partial charge >= 0.3 is 0 Å². The van der Waals surface area contributed by atoms with Crippen LogP contribution in [0.3, 0.4) is 0 Å². The summed E-state index contributed by atoms with van der Waals surface area (Å²) in [6, 6.07) is 16.0. The molecule has 6 nitrogen and oxygen atoms in total. The van der Waals surface area contributed by atoms with Gasteiger partial charge in [0.1, 0.15) is 0 Å². The predicted molar refractivity (Wildman–Crippen MR) is 127 cm³/mol. The highest BCUT2D eigenvalue weighted by Gasteiger charge is 2.25. The van der Waals surface area contributed by atoms with Crippen molar-refractivity contribution in [3.8, 4) is 6.07 Å². The van der Waals surface area contributed by atoms with E-state index in [1.807, 2.05) is 55.1 Å². The number of rotatable bonds is 7. The molecular formula is C26H32N4O2. The lowest BCUT2D eigenvalue weighted by Gasteiger charge is -2.35. The smallest absolute Gasteiger partial charge is 0.253 e. The van der Waals surface area contributed by atoms with Crippen molar-refractivity contribution >= 4 is 17.5 Å². The molecule has 0 aromatic heterocycles. The first-order valence-electron chi connectivity index (χ1n) is 11.3. The van der Waals surface area contributed by atoms with Crippen molar-refractivity contribution in [2.75, 3.05) is 44.2 Å². The third-order valence-electron chi connectivity index (χ3n) is 5.89. The monoisotopic (exact) mass is 432 g/mol. The molecule has 1 saturated heterocycles. The number of hydrogen-bond acceptors (Lipinski definition) is 4. The third-order valence-corrected chi connectivity index (χ3v) is 5.89. The van der Waals surface area contributed by atoms with Gasteiger partial charge in [-0.2, -0.15) is 5.26 Å². The van der Waals surface area contributed by atoms with E-state index in [9.17, 15) is 9.59 Å². The van der Waals surface area contributed by atoms with Crippen molar-refractivity contribution in [3.05, 3.63) is 64.7 Å². The first-order chi connectivity index (χ1) is 15.4. The number of amides is 2. The minimum Gasteiger partial charge on any atom is -0.336 e. The molecule has 0 saturated carbocycles. The van der Waals surface area contributed by atoms with Crippen LogP contribution in [0, 0.1) is 25.2 Å². The zero-order valence-electron chi connectivity index (χ0n) is 19.3. The fraction of sp³-hybridized carbons (Fsp3) is 0.423. The highest BCUT2D eigenvalue weighted by Crippen LogP contribution is 2.20. The molecule has 2 aromatic rings. The lowest BCUT2D eigenvalue weighted by atomic mass is 10.1. The van der Waals surface area contributed by atoms with Gasteiger partial charge in [0, 0.05) is 44.0 Å². The largest absolute Gasteiger partial charge is 0.336 e. The van der Waals surface area contributed by atoms with Crippen LogP contribution in [0.25, 0.3) is 0 Å². The molecule has 1 heterocycles. The minimum absolute atomic E-state index is 0.0137. The van der Waals surface area contributed by atoms with Gasteiger partial charge in [0.2, 0.25) is 5.91 Å². The molecule has 0 aliphatic carbocycles. The van der Waals surface area contributed by atoms with Gasteiger partial charge in [0.05, 0.1) is 19.0 Å². The summed E-state index contributed by atoms with van der Waals surface area (Å²) >= 11 is 0. The van der Waals surface area contributed by atoms with Crippen LogP contribution in [0.5, 0.6) is 0 Å². The fourth-order valence-electron chi connectivity index (χ4n) is 4.12. The quantitative estimate of drug-likeness (QED) is 0.671. The van der Waals surface area contributed by atoms with E-state index >= 15 is 0 Å². The maximum absolute atomic E-state index is 13.1. The van der Waals surface area contributed by atoms with E-state index in [4.69, 9.17) is 5.26 Å². The van der Waals surface area contributed by atoms with Crippen molar-refractivity contribution in [3.63, 3.8) is 0 Å². The van der Waals surface area contributed by atoms with Crippen molar-refractivity contribution < 1.29 is 9.59 Å². The molecule has 0 atom stereocenters. The fourth-order valence-corrected chi connectivity index (χ4v) is 4.12. The molecule has 1 aliphatic heterocycles. The number of nitriles is 1. The number of benzene rings is 2. The molecule has 2 amide bonds. The van der Waals surface area contributed by atoms with Gasteiger partial charge in [-0.05, 0) is 61.2 Å². The molecule has 0 spiro atoms. The van der Waals surface area contributed by atoms with Gasteiger partial charge < -0.3 is 9.80 Å². The van der Waals surface area contributed by atoms with E-state index in [0.717, 1.165) is 23.2 Å². The Labute approximate surface area is 191 Å². The Morgan fingerprint density at radius 2 is 1.62 bits per heavy atom. The Hall–Kier alpha value is -3.17. The Balaban J connectivity index is 1.60. The zero-order chi connectivity index (χ0) is 23.1. The van der Waals surface area contributed by atoms with Crippen LogP contribution in [-0.4, -0.2) is 60.9 Å². The number of carbonyl (C=O) groups is 2. The third kappa shape index (κ3) is 5.95. The summed E-state index contributed by atoms with van der Waals surface area (Å²) in [5, 5.41) is 9.04. The molecule has 168 valence electrons. The topological polar surface area (TPSA) is 67.7 Å². The van der Waals surface area contributed by atoms with Crippen molar-refractivity contribution in [1.82, 2.24) is 9.80 Å². The molecule has 0 bridgehead atoms. The first-order valence-corrected chi connectivity index (χ1v) is 11.3. The van der Waals surface area contributed by atoms with Gasteiger partial charge in [-0.15, -0.1) is 0 Å². The number of hydrogen-bond donors (Lipinski definition) is 0. The summed E-state index contributed by atoms with van der Waals surface area (Å²) in [6.07, 6.45) is 1.24. The molecule has 3 rings (SSSR count). The number of piperazine rings is 1. The SMILES string of the molecule is CCc1ccc(C(=O)N2CCN(CC(=O)N(CCC#N)c3cc(C)cc(C)c3)CC2)cc1. The van der Waals surface area contributed by atoms with Crippen LogP contribution in [0.2, 0.25) is 0 Å². The summed E-state index contributed by atoms with van der Waals surface area (Å²) in [4.78, 5) is 31.6. The summed E-state index contributed by atoms with van der Waals surface area (Å²) in [5.74, 6) is 0.0321. The van der Waals surface area contributed by atoms with Gasteiger partial charge in [-0.3, -0.25) is 14.5 Å². The molecule has 6 heteroatoms. The molecule has 0 N–H and O–H groups in total. The van der Waals surface area contributed by atoms with E-state index < -0.39 is 0 Å². The van der Waals surface area contributed by atoms with Crippen LogP contribution in [-0.2, 0) is 11.2 Å². The highest BCUT2D eigenvalue weighted by molar-refractivity contribution is 5.95. The Kier molecular flexibility index (Phi) is 8.02. The van der Waals surface area contributed by atoms with E-state index in [1.54, 1.807) is 4.90 Å². The van der Waals surface area contributed by atoms with Crippen molar-refractivity contribution in [2.45, 2.75) is 33.6 Å². The molecule has 2 aromatic carbocycles. The molecule has 1 fully saturated rings. The lowest BCUT2D eigenvalue weighted by molar-refractivity contribution is -0.120. The van der Waals surface area contributed by atoms with Crippen LogP contribution in [0.15, 0.2) is 42.5 Å². The van der Waals surface area contributed by atoms with Crippen LogP contribution in [0.1, 0.15) is 40.4 Å². The molecule has 0 radical (unpaired) electrons. The average Bonchev–Trinajstić information content (AvgIpc) is 2.79. The van der Waals surface area contributed by atoms with Crippen molar-refractivity contribution in [2.24, 2.45) is 0 Å². The maximum atomic E-state index is 13.1. The predicted octanol–water partition coefficient (Wildman–Crippen LogP) is 3.57. The second kappa shape index (κ2) is 10.9. The van der Waals surface area contributed by atoms with Gasteiger partial charge in [0.25, 0.3) is 5.91 Å². The minimum atomic E-state index is -0.0137. The molecule has 1 aliphatic rings. The summed E-state index contributed by atoms with van der Waals surface area (Å²) < 4.78 is 0. The molecule has 0 unspecified atom stereocenters. The highest BCUT2D eigenvalue weighted by atomic mass is 16.2. The van der Waals surface area contributed by atoms with Gasteiger partial charge in [-0.1, -0.05) is 25.1 Å². The normalized spacial score (nSPS) is 14.1. The lowest BCUT2D eigenvalue weighted by Crippen LogP contribution is -2.51. The summed E-state index contributed by atoms with van der Waals surface area (Å²) in [6.45, 7) is 9.29. The number of anilines is 1. The van der Waals surface area contributed by atoms with Crippen LogP contribution < -0.4 is 4.90 Å². The zero-order valence-corrected chi connectivity index (χ0v) is 19.3. The van der Waals surface area contributed by atoms with Crippen molar-refractivity contribution in [1.29, 1.82) is 5.26 Å². The van der Waals surface area contributed by atoms with Crippen LogP contribution in [0.4, 0.5) is 5.69 Å². The van der Waals surface area contributed by atoms with E-state index in [2.05, 4.69) is 24.0 Å². The van der Waals surface area contributed by atoms with Crippen LogP contribution >= 0.6 is 0 Å². The summed E-state index contributed by atoms with van der Waals surface area (Å²) in [7, 11) is 0. The number of carbonyl (C=O) groups excluding carboxylic acids is 2. The Morgan fingerprint density at radius 3 is 2.19 bits per heavy atom. The Morgan fingerprint density at radius 1 is 1.00 bits per heavy atom. The second-order valence-corrected chi connectivity index (χ2v) is 8.42. The molecule has 32 heavy (non-hydrogen) atoms. The van der Waals surface area contributed by atoms with E-state index in [0.29, 0.717) is 38.3 Å². The average molecular weight is 433 g/mol. The molecular weight excluding hydrogens is 400 g/mol. The van der Waals surface area contributed by atoms with E-state index in [1.165, 1.54) is 5.56 Å². The maximum Gasteiger partial charge on any atom is 0.253 e. The second-order valence-electron chi connectivity index (χ2n) is 8.42. The first kappa shape index (κ1) is 23.5. The van der Waals surface area contributed by atoms with Gasteiger partial charge in [0.15, 0.2) is 0 Å². The van der Waals surface area contributed by atoms with Gasteiger partial charge in [-0.25, -0.2) is 0 Å². The summed E-state index contributed by atoms with van der Waals surface area (Å²) in [5.41, 5.74) is 4.95. The number of nitrogens with zero attached hydrogens (tertiary/aromatic N) is 4. The standard InChI is InChI=1S/C26H32N4O2/c1-4-22-6-8-23(9-7-22)26(32)29-14-12-28(13-15-29)19-25(31)30(11-5-10-27)24-17-20(2)16-21(3)18-24/h6-9,16-18H,4-5,11-15,19H2,1-3H3. The number of aryl methyl sites for hydroxylation is 3. The van der Waals surface area contributed by atoms with E-state index in [-0.39, 0.29) is 24.8 Å².